The minimum absolute atomic E-state index is 0.249. The van der Waals surface area contributed by atoms with Crippen molar-refractivity contribution in [2.24, 2.45) is 0 Å². The Morgan fingerprint density at radius 2 is 1.50 bits per heavy atom. The van der Waals surface area contributed by atoms with E-state index in [-0.39, 0.29) is 5.24 Å². The average Bonchev–Trinajstić information content (AvgIpc) is 2.29. The molecule has 96 valence electrons. The van der Waals surface area contributed by atoms with Gasteiger partial charge in [-0.3, -0.25) is 4.79 Å². The zero-order chi connectivity index (χ0) is 12.2. The fourth-order valence-electron chi connectivity index (χ4n) is 1.61. The summed E-state index contributed by atoms with van der Waals surface area (Å²) in [5.41, 5.74) is 0. The summed E-state index contributed by atoms with van der Waals surface area (Å²) in [4.78, 5) is 13.5. The third-order valence-corrected chi connectivity index (χ3v) is 3.74. The Bertz CT molecular complexity index is 169. The summed E-state index contributed by atoms with van der Waals surface area (Å²) in [6.45, 7) is 7.97. The van der Waals surface area contributed by atoms with Crippen molar-refractivity contribution in [2.45, 2.75) is 59.3 Å². The van der Waals surface area contributed by atoms with Gasteiger partial charge in [0.2, 0.25) is 0 Å². The number of nitrogens with zero attached hydrogens (tertiary/aromatic N) is 1. The zero-order valence-corrected chi connectivity index (χ0v) is 11.9. The van der Waals surface area contributed by atoms with Crippen LogP contribution in [0, 0.1) is 0 Å². The lowest BCUT2D eigenvalue weighted by molar-refractivity contribution is 0.228. The van der Waals surface area contributed by atoms with Crippen LogP contribution in [0.3, 0.4) is 0 Å². The third-order valence-electron chi connectivity index (χ3n) is 2.75. The molecule has 0 radical (unpaired) electrons. The largest absolute Gasteiger partial charge is 0.334 e. The molecule has 0 aromatic heterocycles. The van der Waals surface area contributed by atoms with Gasteiger partial charge >= 0.3 is 0 Å². The van der Waals surface area contributed by atoms with Gasteiger partial charge in [0.25, 0.3) is 5.24 Å². The quantitative estimate of drug-likeness (QED) is 0.556. The molecule has 0 aliphatic heterocycles. The van der Waals surface area contributed by atoms with Gasteiger partial charge in [-0.25, -0.2) is 0 Å². The van der Waals surface area contributed by atoms with Crippen LogP contribution in [-0.2, 0) is 0 Å². The van der Waals surface area contributed by atoms with Crippen molar-refractivity contribution in [2.75, 3.05) is 18.8 Å². The highest BCUT2D eigenvalue weighted by molar-refractivity contribution is 8.13. The highest BCUT2D eigenvalue weighted by Crippen LogP contribution is 2.13. The molecule has 0 rings (SSSR count). The molecule has 0 spiro atoms. The second kappa shape index (κ2) is 11.3. The number of amides is 1. The van der Waals surface area contributed by atoms with Crippen molar-refractivity contribution in [3.8, 4) is 0 Å². The molecule has 0 aliphatic carbocycles. The second-order valence-electron chi connectivity index (χ2n) is 4.05. The molecule has 0 aliphatic rings. The molecule has 0 aromatic rings. The van der Waals surface area contributed by atoms with Crippen molar-refractivity contribution in [3.05, 3.63) is 0 Å². The SMILES string of the molecule is CCCCCCCCSC(=O)N(CC)CC. The van der Waals surface area contributed by atoms with Crippen molar-refractivity contribution < 1.29 is 4.79 Å². The number of thioether (sulfide) groups is 1. The molecule has 3 heteroatoms. The van der Waals surface area contributed by atoms with E-state index in [0.717, 1.165) is 18.8 Å². The van der Waals surface area contributed by atoms with Gasteiger partial charge < -0.3 is 4.90 Å². The summed E-state index contributed by atoms with van der Waals surface area (Å²) in [7, 11) is 0. The first-order valence-electron chi connectivity index (χ1n) is 6.67. The zero-order valence-electron chi connectivity index (χ0n) is 11.1. The Morgan fingerprint density at radius 3 is 2.06 bits per heavy atom. The molecule has 0 saturated carbocycles. The number of rotatable bonds is 9. The third kappa shape index (κ3) is 8.03. The highest BCUT2D eigenvalue weighted by Gasteiger charge is 2.08. The van der Waals surface area contributed by atoms with Crippen LogP contribution in [0.25, 0.3) is 0 Å². The Labute approximate surface area is 105 Å². The number of hydrogen-bond acceptors (Lipinski definition) is 2. The number of carbonyl (C=O) groups excluding carboxylic acids is 1. The van der Waals surface area contributed by atoms with E-state index in [0.29, 0.717) is 0 Å². The van der Waals surface area contributed by atoms with E-state index in [1.54, 1.807) is 0 Å². The molecule has 0 heterocycles. The van der Waals surface area contributed by atoms with Gasteiger partial charge in [-0.05, 0) is 20.3 Å². The maximum atomic E-state index is 11.6. The standard InChI is InChI=1S/C13H27NOS/c1-4-7-8-9-10-11-12-16-13(15)14(5-2)6-3/h4-12H2,1-3H3. The van der Waals surface area contributed by atoms with E-state index in [2.05, 4.69) is 6.92 Å². The van der Waals surface area contributed by atoms with E-state index < -0.39 is 0 Å². The summed E-state index contributed by atoms with van der Waals surface area (Å²) in [5.74, 6) is 0.988. The van der Waals surface area contributed by atoms with Gasteiger partial charge in [0, 0.05) is 18.8 Å². The van der Waals surface area contributed by atoms with Crippen LogP contribution in [0.5, 0.6) is 0 Å². The molecule has 0 unspecified atom stereocenters. The smallest absolute Gasteiger partial charge is 0.281 e. The molecule has 0 aromatic carbocycles. The van der Waals surface area contributed by atoms with Crippen molar-refractivity contribution >= 4 is 17.0 Å². The fraction of sp³-hybridized carbons (Fsp3) is 0.923. The highest BCUT2D eigenvalue weighted by atomic mass is 32.2. The minimum atomic E-state index is 0.249. The Kier molecular flexibility index (Phi) is 11.2. The first-order valence-corrected chi connectivity index (χ1v) is 7.66. The summed E-state index contributed by atoms with van der Waals surface area (Å²) >= 11 is 1.48. The number of carbonyl (C=O) groups is 1. The number of hydrogen-bond donors (Lipinski definition) is 0. The van der Waals surface area contributed by atoms with Crippen LogP contribution in [0.4, 0.5) is 4.79 Å². The van der Waals surface area contributed by atoms with Crippen LogP contribution in [0.1, 0.15) is 59.3 Å². The molecule has 0 N–H and O–H groups in total. The van der Waals surface area contributed by atoms with E-state index in [1.807, 2.05) is 18.7 Å². The summed E-state index contributed by atoms with van der Waals surface area (Å²) in [5, 5.41) is 0.249. The lowest BCUT2D eigenvalue weighted by atomic mass is 10.1. The van der Waals surface area contributed by atoms with Crippen molar-refractivity contribution in [1.82, 2.24) is 4.90 Å². The van der Waals surface area contributed by atoms with Gasteiger partial charge in [0.15, 0.2) is 0 Å². The lowest BCUT2D eigenvalue weighted by Gasteiger charge is -2.17. The Balaban J connectivity index is 3.33. The molecular formula is C13H27NOS. The first kappa shape index (κ1) is 15.8. The van der Waals surface area contributed by atoms with Gasteiger partial charge in [-0.2, -0.15) is 0 Å². The summed E-state index contributed by atoms with van der Waals surface area (Å²) in [6.07, 6.45) is 7.79. The number of unbranched alkanes of at least 4 members (excludes halogenated alkanes) is 5. The minimum Gasteiger partial charge on any atom is -0.334 e. The predicted octanol–water partition coefficient (Wildman–Crippen LogP) is 4.54. The van der Waals surface area contributed by atoms with E-state index >= 15 is 0 Å². The molecule has 0 fully saturated rings. The van der Waals surface area contributed by atoms with Crippen LogP contribution in [0.15, 0.2) is 0 Å². The van der Waals surface area contributed by atoms with Crippen molar-refractivity contribution in [3.63, 3.8) is 0 Å². The van der Waals surface area contributed by atoms with Crippen LogP contribution in [0.2, 0.25) is 0 Å². The maximum Gasteiger partial charge on any atom is 0.281 e. The van der Waals surface area contributed by atoms with Crippen LogP contribution in [-0.4, -0.2) is 29.0 Å². The van der Waals surface area contributed by atoms with Gasteiger partial charge in [0.1, 0.15) is 0 Å². The molecule has 2 nitrogen and oxygen atoms in total. The first-order chi connectivity index (χ1) is 7.76. The van der Waals surface area contributed by atoms with Gasteiger partial charge in [0.05, 0.1) is 0 Å². The van der Waals surface area contributed by atoms with E-state index in [1.165, 1.54) is 50.3 Å². The normalized spacial score (nSPS) is 10.4. The summed E-state index contributed by atoms with van der Waals surface area (Å²) in [6, 6.07) is 0. The Morgan fingerprint density at radius 1 is 0.938 bits per heavy atom. The predicted molar refractivity (Wildman–Crippen MR) is 74.2 cm³/mol. The second-order valence-corrected chi connectivity index (χ2v) is 5.10. The Hall–Kier alpha value is -0.180. The van der Waals surface area contributed by atoms with E-state index in [4.69, 9.17) is 0 Å². The lowest BCUT2D eigenvalue weighted by Crippen LogP contribution is -2.26. The van der Waals surface area contributed by atoms with Gasteiger partial charge in [-0.1, -0.05) is 50.8 Å². The topological polar surface area (TPSA) is 20.3 Å². The maximum absolute atomic E-state index is 11.6. The van der Waals surface area contributed by atoms with Gasteiger partial charge in [-0.15, -0.1) is 0 Å². The van der Waals surface area contributed by atoms with Crippen LogP contribution >= 0.6 is 11.8 Å². The molecule has 1 amide bonds. The molecule has 0 atom stereocenters. The molecule has 16 heavy (non-hydrogen) atoms. The summed E-state index contributed by atoms with van der Waals surface area (Å²) < 4.78 is 0. The monoisotopic (exact) mass is 245 g/mol. The van der Waals surface area contributed by atoms with E-state index in [9.17, 15) is 4.79 Å². The molecular weight excluding hydrogens is 218 g/mol. The van der Waals surface area contributed by atoms with Crippen LogP contribution < -0.4 is 0 Å². The molecule has 0 bridgehead atoms. The fourth-order valence-corrected chi connectivity index (χ4v) is 2.58. The van der Waals surface area contributed by atoms with Crippen molar-refractivity contribution in [1.29, 1.82) is 0 Å². The molecule has 0 saturated heterocycles. The average molecular weight is 245 g/mol.